The molecule has 0 unspecified atom stereocenters. The van der Waals surface area contributed by atoms with E-state index < -0.39 is 0 Å². The highest BCUT2D eigenvalue weighted by atomic mass is 16.5. The lowest BCUT2D eigenvalue weighted by molar-refractivity contribution is 0.183. The molecule has 2 N–H and O–H groups in total. The molecule has 0 bridgehead atoms. The van der Waals surface area contributed by atoms with E-state index in [1.165, 1.54) is 7.11 Å². The number of methoxy groups -OCH3 is 2. The van der Waals surface area contributed by atoms with Crippen LogP contribution in [0.5, 0.6) is 5.88 Å². The van der Waals surface area contributed by atoms with E-state index in [1.807, 2.05) is 6.20 Å². The minimum Gasteiger partial charge on any atom is -0.478 e. The van der Waals surface area contributed by atoms with E-state index in [1.54, 1.807) is 24.2 Å². The maximum Gasteiger partial charge on any atom is 0.257 e. The first-order valence-electron chi connectivity index (χ1n) is 5.43. The summed E-state index contributed by atoms with van der Waals surface area (Å²) in [5, 5.41) is 4.20. The number of hydrogen-bond donors (Lipinski definition) is 1. The van der Waals surface area contributed by atoms with Gasteiger partial charge in [0.1, 0.15) is 0 Å². The van der Waals surface area contributed by atoms with Crippen LogP contribution in [-0.2, 0) is 11.3 Å². The van der Waals surface area contributed by atoms with E-state index in [2.05, 4.69) is 15.1 Å². The Morgan fingerprint density at radius 2 is 2.17 bits per heavy atom. The molecule has 0 aliphatic heterocycles. The number of nitrogens with zero attached hydrogens (tertiary/aromatic N) is 4. The van der Waals surface area contributed by atoms with Crippen molar-refractivity contribution in [2.45, 2.75) is 6.54 Å². The number of aromatic nitrogens is 4. The first-order chi connectivity index (χ1) is 8.74. The van der Waals surface area contributed by atoms with Crippen LogP contribution in [0.1, 0.15) is 0 Å². The number of rotatable bonds is 5. The third-order valence-corrected chi connectivity index (χ3v) is 2.41. The van der Waals surface area contributed by atoms with Crippen LogP contribution in [0.4, 0.5) is 5.82 Å². The van der Waals surface area contributed by atoms with Gasteiger partial charge in [0.25, 0.3) is 5.88 Å². The van der Waals surface area contributed by atoms with Gasteiger partial charge in [0.05, 0.1) is 38.3 Å². The van der Waals surface area contributed by atoms with Crippen LogP contribution in [0.15, 0.2) is 18.6 Å². The Labute approximate surface area is 105 Å². The summed E-state index contributed by atoms with van der Waals surface area (Å²) in [5.41, 5.74) is 7.14. The molecule has 7 heteroatoms. The van der Waals surface area contributed by atoms with E-state index in [4.69, 9.17) is 15.2 Å². The zero-order valence-electron chi connectivity index (χ0n) is 10.3. The van der Waals surface area contributed by atoms with Gasteiger partial charge >= 0.3 is 0 Å². The number of anilines is 1. The number of ether oxygens (including phenoxy) is 2. The lowest BCUT2D eigenvalue weighted by atomic mass is 10.3. The lowest BCUT2D eigenvalue weighted by Gasteiger charge is -2.03. The van der Waals surface area contributed by atoms with Crippen molar-refractivity contribution >= 4 is 5.82 Å². The van der Waals surface area contributed by atoms with Crippen LogP contribution in [0.25, 0.3) is 11.3 Å². The third-order valence-electron chi connectivity index (χ3n) is 2.41. The van der Waals surface area contributed by atoms with Gasteiger partial charge in [-0.3, -0.25) is 4.68 Å². The highest BCUT2D eigenvalue weighted by Gasteiger charge is 2.08. The normalized spacial score (nSPS) is 10.6. The van der Waals surface area contributed by atoms with Crippen molar-refractivity contribution in [3.8, 4) is 17.1 Å². The fourth-order valence-electron chi connectivity index (χ4n) is 1.47. The van der Waals surface area contributed by atoms with Crippen molar-refractivity contribution in [2.24, 2.45) is 0 Å². The van der Waals surface area contributed by atoms with Gasteiger partial charge in [-0.05, 0) is 0 Å². The smallest absolute Gasteiger partial charge is 0.257 e. The van der Waals surface area contributed by atoms with E-state index in [0.29, 0.717) is 24.7 Å². The Kier molecular flexibility index (Phi) is 3.73. The highest BCUT2D eigenvalue weighted by molar-refractivity contribution is 5.58. The van der Waals surface area contributed by atoms with Crippen molar-refractivity contribution in [1.82, 2.24) is 19.7 Å². The van der Waals surface area contributed by atoms with Crippen molar-refractivity contribution in [3.05, 3.63) is 18.6 Å². The van der Waals surface area contributed by atoms with E-state index in [-0.39, 0.29) is 5.82 Å². The lowest BCUT2D eigenvalue weighted by Crippen LogP contribution is -2.03. The maximum atomic E-state index is 5.61. The molecule has 0 fully saturated rings. The predicted molar refractivity (Wildman–Crippen MR) is 66.1 cm³/mol. The summed E-state index contributed by atoms with van der Waals surface area (Å²) < 4.78 is 11.8. The number of nitrogens with two attached hydrogens (primary N) is 1. The standard InChI is InChI=1S/C11H15N5O2/c1-17-4-3-16-7-8(5-14-16)9-6-13-10(12)11(15-9)18-2/h5-7H,3-4H2,1-2H3,(H2,12,13). The number of nitrogen functional groups attached to an aromatic ring is 1. The molecule has 0 atom stereocenters. The van der Waals surface area contributed by atoms with Gasteiger partial charge in [0.2, 0.25) is 0 Å². The van der Waals surface area contributed by atoms with Crippen molar-refractivity contribution in [3.63, 3.8) is 0 Å². The van der Waals surface area contributed by atoms with Crippen molar-refractivity contribution in [1.29, 1.82) is 0 Å². The third kappa shape index (κ3) is 2.57. The predicted octanol–water partition coefficient (Wildman–Crippen LogP) is 0.577. The second kappa shape index (κ2) is 5.46. The average Bonchev–Trinajstić information content (AvgIpc) is 2.85. The summed E-state index contributed by atoms with van der Waals surface area (Å²) in [6.07, 6.45) is 5.18. The summed E-state index contributed by atoms with van der Waals surface area (Å²) in [5.74, 6) is 0.588. The summed E-state index contributed by atoms with van der Waals surface area (Å²) in [6.45, 7) is 1.30. The maximum absolute atomic E-state index is 5.61. The van der Waals surface area contributed by atoms with Crippen LogP contribution < -0.4 is 10.5 Å². The molecule has 0 saturated carbocycles. The molecule has 0 aliphatic rings. The van der Waals surface area contributed by atoms with E-state index >= 15 is 0 Å². The summed E-state index contributed by atoms with van der Waals surface area (Å²) >= 11 is 0. The minimum absolute atomic E-state index is 0.271. The largest absolute Gasteiger partial charge is 0.478 e. The molecular weight excluding hydrogens is 234 g/mol. The molecule has 0 amide bonds. The molecule has 96 valence electrons. The Morgan fingerprint density at radius 3 is 2.89 bits per heavy atom. The summed E-state index contributed by atoms with van der Waals surface area (Å²) in [7, 11) is 3.16. The Bertz CT molecular complexity index is 526. The first kappa shape index (κ1) is 12.3. The second-order valence-electron chi connectivity index (χ2n) is 3.63. The summed E-state index contributed by atoms with van der Waals surface area (Å²) in [6, 6.07) is 0. The Morgan fingerprint density at radius 1 is 1.33 bits per heavy atom. The highest BCUT2D eigenvalue weighted by Crippen LogP contribution is 2.21. The zero-order valence-corrected chi connectivity index (χ0v) is 10.3. The molecule has 2 aromatic heterocycles. The second-order valence-corrected chi connectivity index (χ2v) is 3.63. The molecule has 0 aromatic carbocycles. The van der Waals surface area contributed by atoms with Gasteiger partial charge in [-0.1, -0.05) is 0 Å². The molecule has 2 aromatic rings. The molecule has 0 aliphatic carbocycles. The van der Waals surface area contributed by atoms with Crippen LogP contribution in [0.3, 0.4) is 0 Å². The topological polar surface area (TPSA) is 88.1 Å². The van der Waals surface area contributed by atoms with E-state index in [0.717, 1.165) is 5.56 Å². The molecular formula is C11H15N5O2. The average molecular weight is 249 g/mol. The van der Waals surface area contributed by atoms with Crippen molar-refractivity contribution < 1.29 is 9.47 Å². The van der Waals surface area contributed by atoms with Crippen LogP contribution in [-0.4, -0.2) is 40.6 Å². The molecule has 0 saturated heterocycles. The quantitative estimate of drug-likeness (QED) is 0.833. The van der Waals surface area contributed by atoms with Crippen LogP contribution in [0, 0.1) is 0 Å². The summed E-state index contributed by atoms with van der Waals surface area (Å²) in [4.78, 5) is 8.29. The molecule has 18 heavy (non-hydrogen) atoms. The van der Waals surface area contributed by atoms with Gasteiger partial charge in [0.15, 0.2) is 5.82 Å². The first-order valence-corrected chi connectivity index (χ1v) is 5.43. The van der Waals surface area contributed by atoms with Gasteiger partial charge < -0.3 is 15.2 Å². The fourth-order valence-corrected chi connectivity index (χ4v) is 1.47. The van der Waals surface area contributed by atoms with Gasteiger partial charge in [-0.25, -0.2) is 9.97 Å². The van der Waals surface area contributed by atoms with Crippen LogP contribution >= 0.6 is 0 Å². The Balaban J connectivity index is 2.23. The van der Waals surface area contributed by atoms with Gasteiger partial charge in [-0.2, -0.15) is 5.10 Å². The fraction of sp³-hybridized carbons (Fsp3) is 0.364. The minimum atomic E-state index is 0.271. The molecule has 2 rings (SSSR count). The number of hydrogen-bond acceptors (Lipinski definition) is 6. The SMILES string of the molecule is COCCn1cc(-c2cnc(N)c(OC)n2)cn1. The van der Waals surface area contributed by atoms with Gasteiger partial charge in [0, 0.05) is 18.9 Å². The Hall–Kier alpha value is -2.15. The van der Waals surface area contributed by atoms with Gasteiger partial charge in [-0.15, -0.1) is 0 Å². The van der Waals surface area contributed by atoms with Crippen LogP contribution in [0.2, 0.25) is 0 Å². The monoisotopic (exact) mass is 249 g/mol. The molecule has 2 heterocycles. The van der Waals surface area contributed by atoms with E-state index in [9.17, 15) is 0 Å². The zero-order chi connectivity index (χ0) is 13.0. The molecule has 0 spiro atoms. The van der Waals surface area contributed by atoms with Crippen molar-refractivity contribution in [2.75, 3.05) is 26.6 Å². The molecule has 7 nitrogen and oxygen atoms in total. The molecule has 0 radical (unpaired) electrons.